The molecule has 2 rings (SSSR count). The highest BCUT2D eigenvalue weighted by Crippen LogP contribution is 2.28. The Hall–Kier alpha value is -1.01. The van der Waals surface area contributed by atoms with Crippen LogP contribution in [0.25, 0.3) is 0 Å². The van der Waals surface area contributed by atoms with E-state index in [2.05, 4.69) is 16.2 Å². The van der Waals surface area contributed by atoms with Crippen LogP contribution in [0.3, 0.4) is 0 Å². The fourth-order valence-corrected chi connectivity index (χ4v) is 1.85. The second-order valence-corrected chi connectivity index (χ2v) is 4.19. The van der Waals surface area contributed by atoms with Gasteiger partial charge in [0.15, 0.2) is 5.13 Å². The summed E-state index contributed by atoms with van der Waals surface area (Å²) >= 11 is 1.64. The molecule has 0 bridgehead atoms. The Labute approximate surface area is 76.0 Å². The Bertz CT molecular complexity index is 331. The summed E-state index contributed by atoms with van der Waals surface area (Å²) in [5.74, 6) is 2.57. The zero-order valence-corrected chi connectivity index (χ0v) is 7.74. The van der Waals surface area contributed by atoms with Crippen LogP contribution in [0.4, 0.5) is 5.13 Å². The molecule has 1 heterocycles. The predicted molar refractivity (Wildman–Crippen MR) is 51.4 cm³/mol. The van der Waals surface area contributed by atoms with Crippen molar-refractivity contribution >= 4 is 16.5 Å². The minimum atomic E-state index is 0.654. The van der Waals surface area contributed by atoms with Crippen LogP contribution in [0, 0.1) is 19.3 Å². The van der Waals surface area contributed by atoms with Gasteiger partial charge in [0.05, 0.1) is 0 Å². The van der Waals surface area contributed by atoms with E-state index in [-0.39, 0.29) is 0 Å². The van der Waals surface area contributed by atoms with E-state index in [0.717, 1.165) is 15.7 Å². The maximum absolute atomic E-state index is 5.28. The van der Waals surface area contributed by atoms with Gasteiger partial charge in [0.25, 0.3) is 0 Å². The molecular formula is C9H10N2S. The number of terminal acetylenes is 1. The quantitative estimate of drug-likeness (QED) is 0.701. The first-order valence-electron chi connectivity index (χ1n) is 4.00. The first kappa shape index (κ1) is 7.63. The highest BCUT2D eigenvalue weighted by Gasteiger charge is 2.22. The summed E-state index contributed by atoms with van der Waals surface area (Å²) in [7, 11) is 0. The summed E-state index contributed by atoms with van der Waals surface area (Å²) in [5, 5.41) is 4.30. The predicted octanol–water partition coefficient (Wildman–Crippen LogP) is 2.01. The number of rotatable bonds is 2. The largest absolute Gasteiger partial charge is 0.359 e. The first-order chi connectivity index (χ1) is 5.79. The summed E-state index contributed by atoms with van der Waals surface area (Å²) in [6, 6.07) is 0.654. The molecule has 1 aromatic rings. The molecule has 1 fully saturated rings. The standard InChI is InChI=1S/C9H10N2S/c1-3-8-6(2)12-9(11-8)10-7-4-5-7/h1,7H,4-5H2,2H3,(H,10,11). The van der Waals surface area contributed by atoms with Gasteiger partial charge in [0.2, 0.25) is 0 Å². The third-order valence-electron chi connectivity index (χ3n) is 1.84. The smallest absolute Gasteiger partial charge is 0.184 e. The van der Waals surface area contributed by atoms with E-state index in [1.807, 2.05) is 6.92 Å². The number of thiazole rings is 1. The monoisotopic (exact) mass is 178 g/mol. The second kappa shape index (κ2) is 2.80. The molecule has 12 heavy (non-hydrogen) atoms. The average molecular weight is 178 g/mol. The van der Waals surface area contributed by atoms with Crippen LogP contribution in [-0.4, -0.2) is 11.0 Å². The lowest BCUT2D eigenvalue weighted by atomic mass is 10.4. The van der Waals surface area contributed by atoms with Crippen LogP contribution in [0.5, 0.6) is 0 Å². The summed E-state index contributed by atoms with van der Waals surface area (Å²) in [4.78, 5) is 5.41. The number of anilines is 1. The lowest BCUT2D eigenvalue weighted by molar-refractivity contribution is 1.13. The molecule has 0 unspecified atom stereocenters. The Morgan fingerprint density at radius 2 is 2.42 bits per heavy atom. The molecule has 0 amide bonds. The van der Waals surface area contributed by atoms with Gasteiger partial charge in [-0.15, -0.1) is 17.8 Å². The Morgan fingerprint density at radius 1 is 1.67 bits per heavy atom. The van der Waals surface area contributed by atoms with Crippen molar-refractivity contribution < 1.29 is 0 Å². The molecule has 1 N–H and O–H groups in total. The maximum Gasteiger partial charge on any atom is 0.184 e. The summed E-state index contributed by atoms with van der Waals surface area (Å²) in [5.41, 5.74) is 0.781. The number of aryl methyl sites for hydroxylation is 1. The van der Waals surface area contributed by atoms with E-state index < -0.39 is 0 Å². The maximum atomic E-state index is 5.28. The Kier molecular flexibility index (Phi) is 1.78. The van der Waals surface area contributed by atoms with Crippen molar-refractivity contribution in [3.05, 3.63) is 10.6 Å². The number of aromatic nitrogens is 1. The highest BCUT2D eigenvalue weighted by molar-refractivity contribution is 7.15. The van der Waals surface area contributed by atoms with Crippen molar-refractivity contribution in [2.45, 2.75) is 25.8 Å². The van der Waals surface area contributed by atoms with Gasteiger partial charge in [-0.3, -0.25) is 0 Å². The van der Waals surface area contributed by atoms with Gasteiger partial charge in [-0.25, -0.2) is 4.98 Å². The topological polar surface area (TPSA) is 24.9 Å². The van der Waals surface area contributed by atoms with Crippen LogP contribution < -0.4 is 5.32 Å². The molecule has 62 valence electrons. The normalized spacial score (nSPS) is 15.7. The molecule has 2 nitrogen and oxygen atoms in total. The highest BCUT2D eigenvalue weighted by atomic mass is 32.1. The number of nitrogens with zero attached hydrogens (tertiary/aromatic N) is 1. The van der Waals surface area contributed by atoms with E-state index in [1.54, 1.807) is 11.3 Å². The van der Waals surface area contributed by atoms with Crippen LogP contribution in [0.2, 0.25) is 0 Å². The summed E-state index contributed by atoms with van der Waals surface area (Å²) < 4.78 is 0. The van der Waals surface area contributed by atoms with Gasteiger partial charge in [-0.2, -0.15) is 0 Å². The fraction of sp³-hybridized carbons (Fsp3) is 0.444. The Morgan fingerprint density at radius 3 is 2.92 bits per heavy atom. The first-order valence-corrected chi connectivity index (χ1v) is 4.82. The van der Waals surface area contributed by atoms with Crippen molar-refractivity contribution in [1.82, 2.24) is 4.98 Å². The fourth-order valence-electron chi connectivity index (χ4n) is 0.994. The molecule has 1 aliphatic rings. The van der Waals surface area contributed by atoms with E-state index in [9.17, 15) is 0 Å². The molecule has 0 atom stereocenters. The van der Waals surface area contributed by atoms with Crippen molar-refractivity contribution in [3.63, 3.8) is 0 Å². The van der Waals surface area contributed by atoms with Crippen molar-refractivity contribution in [1.29, 1.82) is 0 Å². The zero-order valence-electron chi connectivity index (χ0n) is 6.92. The van der Waals surface area contributed by atoms with Crippen molar-refractivity contribution in [2.75, 3.05) is 5.32 Å². The minimum absolute atomic E-state index is 0.654. The third kappa shape index (κ3) is 1.44. The zero-order chi connectivity index (χ0) is 8.55. The van der Waals surface area contributed by atoms with E-state index in [4.69, 9.17) is 6.42 Å². The molecule has 0 aliphatic heterocycles. The SMILES string of the molecule is C#Cc1nc(NC2CC2)sc1C. The van der Waals surface area contributed by atoms with Crippen LogP contribution >= 0.6 is 11.3 Å². The molecule has 1 saturated carbocycles. The Balaban J connectivity index is 2.16. The van der Waals surface area contributed by atoms with Gasteiger partial charge in [0, 0.05) is 10.9 Å². The number of hydrogen-bond donors (Lipinski definition) is 1. The van der Waals surface area contributed by atoms with Gasteiger partial charge in [0.1, 0.15) is 5.69 Å². The van der Waals surface area contributed by atoms with Crippen LogP contribution in [-0.2, 0) is 0 Å². The van der Waals surface area contributed by atoms with E-state index in [0.29, 0.717) is 6.04 Å². The van der Waals surface area contributed by atoms with Gasteiger partial charge < -0.3 is 5.32 Å². The van der Waals surface area contributed by atoms with E-state index >= 15 is 0 Å². The summed E-state index contributed by atoms with van der Waals surface area (Å²) in [6.45, 7) is 2.00. The molecule has 1 aromatic heterocycles. The summed E-state index contributed by atoms with van der Waals surface area (Å²) in [6.07, 6.45) is 7.81. The molecule has 3 heteroatoms. The molecular weight excluding hydrogens is 168 g/mol. The van der Waals surface area contributed by atoms with Gasteiger partial charge >= 0.3 is 0 Å². The van der Waals surface area contributed by atoms with Gasteiger partial charge in [-0.05, 0) is 25.7 Å². The molecule has 0 radical (unpaired) electrons. The number of hydrogen-bond acceptors (Lipinski definition) is 3. The van der Waals surface area contributed by atoms with Crippen molar-refractivity contribution in [2.24, 2.45) is 0 Å². The van der Waals surface area contributed by atoms with Gasteiger partial charge in [-0.1, -0.05) is 0 Å². The minimum Gasteiger partial charge on any atom is -0.359 e. The molecule has 0 aromatic carbocycles. The van der Waals surface area contributed by atoms with Crippen LogP contribution in [0.15, 0.2) is 0 Å². The molecule has 0 saturated heterocycles. The lowest BCUT2D eigenvalue weighted by Crippen LogP contribution is -1.99. The molecule has 1 aliphatic carbocycles. The average Bonchev–Trinajstić information content (AvgIpc) is 2.76. The molecule has 0 spiro atoms. The second-order valence-electron chi connectivity index (χ2n) is 2.99. The lowest BCUT2D eigenvalue weighted by Gasteiger charge is -1.94. The third-order valence-corrected chi connectivity index (χ3v) is 2.74. The van der Waals surface area contributed by atoms with Crippen LogP contribution in [0.1, 0.15) is 23.4 Å². The van der Waals surface area contributed by atoms with Crippen molar-refractivity contribution in [3.8, 4) is 12.3 Å². The number of nitrogens with one attached hydrogen (secondary N) is 1. The van der Waals surface area contributed by atoms with E-state index in [1.165, 1.54) is 12.8 Å².